The van der Waals surface area contributed by atoms with Crippen molar-refractivity contribution in [2.24, 2.45) is 5.92 Å². The Hall–Kier alpha value is -1.34. The van der Waals surface area contributed by atoms with Gasteiger partial charge in [-0.05, 0) is 19.8 Å². The number of rotatable bonds is 11. The van der Waals surface area contributed by atoms with Crippen LogP contribution in [0, 0.1) is 37.0 Å². The minimum absolute atomic E-state index is 0.208. The number of Topliss-reactive ketones (excluding diaryl/α,β-unsaturated/α-hetero) is 1. The molecule has 21 heavy (non-hydrogen) atoms. The lowest BCUT2D eigenvalue weighted by Crippen LogP contribution is -2.25. The van der Waals surface area contributed by atoms with Crippen LogP contribution in [0.5, 0.6) is 0 Å². The number of ketones is 1. The maximum absolute atomic E-state index is 11.8. The van der Waals surface area contributed by atoms with Crippen molar-refractivity contribution in [3.63, 3.8) is 0 Å². The van der Waals surface area contributed by atoms with E-state index in [4.69, 9.17) is 0 Å². The maximum atomic E-state index is 11.8. The lowest BCUT2D eigenvalue weighted by molar-refractivity contribution is -0.131. The standard InChI is InChI=1S/C17H25O4/c1-4-5-6-7-8-11-16(19)15(3)17(20)12-9-10-14(2)21-13-18/h9-10,12-16,19H,4-7H2,1-3H3/t14-,15+,16+/m1/s1. The number of ether oxygens (including phenoxy) is 1. The molecule has 0 aromatic rings. The van der Waals surface area contributed by atoms with E-state index < -0.39 is 12.0 Å². The van der Waals surface area contributed by atoms with Crippen LogP contribution in [0.25, 0.3) is 0 Å². The second kappa shape index (κ2) is 12.4. The fourth-order valence-electron chi connectivity index (χ4n) is 1.51. The fourth-order valence-corrected chi connectivity index (χ4v) is 1.51. The molecule has 3 atom stereocenters. The van der Waals surface area contributed by atoms with Crippen LogP contribution in [-0.4, -0.2) is 29.6 Å². The summed E-state index contributed by atoms with van der Waals surface area (Å²) in [6, 6.07) is 0. The molecule has 0 heterocycles. The fraction of sp³-hybridized carbons (Fsp3) is 0.588. The van der Waals surface area contributed by atoms with Crippen LogP contribution in [0.4, 0.5) is 0 Å². The van der Waals surface area contributed by atoms with Crippen LogP contribution in [0.2, 0.25) is 0 Å². The molecule has 4 nitrogen and oxygen atoms in total. The summed E-state index contributed by atoms with van der Waals surface area (Å²) in [5, 5.41) is 9.83. The molecule has 0 amide bonds. The molecule has 0 saturated heterocycles. The summed E-state index contributed by atoms with van der Waals surface area (Å²) in [6.07, 6.45) is 7.15. The number of unbranched alkanes of at least 4 members (excludes halogenated alkanes) is 3. The Labute approximate surface area is 128 Å². The monoisotopic (exact) mass is 293 g/mol. The summed E-state index contributed by atoms with van der Waals surface area (Å²) in [6.45, 7) is 5.80. The average Bonchev–Trinajstić information content (AvgIpc) is 2.46. The smallest absolute Gasteiger partial charge is 0.293 e. The molecule has 0 aromatic heterocycles. The van der Waals surface area contributed by atoms with Gasteiger partial charge in [0, 0.05) is 19.3 Å². The van der Waals surface area contributed by atoms with Crippen LogP contribution >= 0.6 is 0 Å². The molecule has 0 aliphatic carbocycles. The molecule has 3 radical (unpaired) electrons. The number of hydrogen-bond acceptors (Lipinski definition) is 4. The van der Waals surface area contributed by atoms with Gasteiger partial charge in [-0.2, -0.15) is 0 Å². The van der Waals surface area contributed by atoms with E-state index >= 15 is 0 Å². The van der Waals surface area contributed by atoms with Gasteiger partial charge in [-0.15, -0.1) is 5.92 Å². The Bertz CT molecular complexity index is 354. The van der Waals surface area contributed by atoms with Crippen molar-refractivity contribution in [3.8, 4) is 11.8 Å². The van der Waals surface area contributed by atoms with Crippen LogP contribution in [0.15, 0.2) is 0 Å². The van der Waals surface area contributed by atoms with Crippen molar-refractivity contribution < 1.29 is 19.4 Å². The van der Waals surface area contributed by atoms with Gasteiger partial charge in [-0.1, -0.05) is 32.6 Å². The third kappa shape index (κ3) is 10.1. The topological polar surface area (TPSA) is 63.6 Å². The lowest BCUT2D eigenvalue weighted by Gasteiger charge is -2.13. The first-order chi connectivity index (χ1) is 10.0. The predicted molar refractivity (Wildman–Crippen MR) is 81.6 cm³/mol. The van der Waals surface area contributed by atoms with E-state index in [0.29, 0.717) is 6.47 Å². The highest BCUT2D eigenvalue weighted by molar-refractivity contribution is 5.91. The summed E-state index contributed by atoms with van der Waals surface area (Å²) < 4.78 is 4.65. The molecule has 0 aliphatic heterocycles. The number of carbonyl (C=O) groups excluding carboxylic acids is 2. The van der Waals surface area contributed by atoms with Gasteiger partial charge in [0.05, 0.1) is 5.92 Å². The van der Waals surface area contributed by atoms with E-state index in [2.05, 4.69) is 23.5 Å². The van der Waals surface area contributed by atoms with Crippen molar-refractivity contribution in [1.29, 1.82) is 0 Å². The lowest BCUT2D eigenvalue weighted by atomic mass is 9.95. The van der Waals surface area contributed by atoms with E-state index in [1.54, 1.807) is 20.3 Å². The minimum Gasteiger partial charge on any atom is -0.465 e. The number of aliphatic hydroxyl groups excluding tert-OH is 1. The summed E-state index contributed by atoms with van der Waals surface area (Å²) in [7, 11) is 0. The average molecular weight is 293 g/mol. The molecule has 0 aromatic carbocycles. The van der Waals surface area contributed by atoms with Gasteiger partial charge in [0.25, 0.3) is 6.47 Å². The first-order valence-corrected chi connectivity index (χ1v) is 7.33. The Balaban J connectivity index is 3.98. The molecule has 0 bridgehead atoms. The molecular weight excluding hydrogens is 268 g/mol. The van der Waals surface area contributed by atoms with Crippen molar-refractivity contribution in [3.05, 3.63) is 19.3 Å². The number of hydrogen-bond donors (Lipinski definition) is 1. The normalized spacial score (nSPS) is 14.5. The van der Waals surface area contributed by atoms with E-state index in [-0.39, 0.29) is 11.9 Å². The zero-order valence-corrected chi connectivity index (χ0v) is 13.0. The van der Waals surface area contributed by atoms with Crippen molar-refractivity contribution >= 4 is 12.3 Å². The van der Waals surface area contributed by atoms with Gasteiger partial charge >= 0.3 is 0 Å². The minimum atomic E-state index is -0.951. The molecule has 0 saturated carbocycles. The van der Waals surface area contributed by atoms with Gasteiger partial charge in [0.1, 0.15) is 18.0 Å². The molecule has 0 aliphatic rings. The zero-order valence-electron chi connectivity index (χ0n) is 13.0. The SMILES string of the molecule is CCCCCC#C[C@H](O)[C@H](C)C(=O)[CH][CH][CH][C@@H](C)OC=O. The van der Waals surface area contributed by atoms with E-state index in [1.165, 1.54) is 12.8 Å². The van der Waals surface area contributed by atoms with Gasteiger partial charge in [-0.3, -0.25) is 9.59 Å². The first kappa shape index (κ1) is 19.7. The molecule has 117 valence electrons. The third-order valence-electron chi connectivity index (χ3n) is 2.99. The van der Waals surface area contributed by atoms with Gasteiger partial charge in [0.2, 0.25) is 0 Å². The van der Waals surface area contributed by atoms with Crippen LogP contribution in [0.1, 0.15) is 46.5 Å². The summed E-state index contributed by atoms with van der Waals surface area (Å²) >= 11 is 0. The molecule has 0 rings (SSSR count). The highest BCUT2D eigenvalue weighted by Gasteiger charge is 2.20. The molecule has 0 unspecified atom stereocenters. The van der Waals surface area contributed by atoms with Gasteiger partial charge in [-0.25, -0.2) is 0 Å². The van der Waals surface area contributed by atoms with E-state index in [1.807, 2.05) is 0 Å². The maximum Gasteiger partial charge on any atom is 0.293 e. The molecule has 0 spiro atoms. The molecule has 0 fully saturated rings. The van der Waals surface area contributed by atoms with Crippen molar-refractivity contribution in [2.45, 2.75) is 58.7 Å². The van der Waals surface area contributed by atoms with Crippen LogP contribution in [0.3, 0.4) is 0 Å². The highest BCUT2D eigenvalue weighted by Crippen LogP contribution is 2.09. The van der Waals surface area contributed by atoms with E-state index in [0.717, 1.165) is 25.7 Å². The van der Waals surface area contributed by atoms with Crippen molar-refractivity contribution in [2.75, 3.05) is 0 Å². The quantitative estimate of drug-likeness (QED) is 0.361. The Morgan fingerprint density at radius 2 is 2.05 bits per heavy atom. The molecule has 4 heteroatoms. The molecular formula is C17H25O4. The Kier molecular flexibility index (Phi) is 11.6. The largest absolute Gasteiger partial charge is 0.465 e. The number of carbonyl (C=O) groups is 2. The highest BCUT2D eigenvalue weighted by atomic mass is 16.5. The summed E-state index contributed by atoms with van der Waals surface area (Å²) in [4.78, 5) is 21.9. The van der Waals surface area contributed by atoms with E-state index in [9.17, 15) is 14.7 Å². The second-order valence-corrected chi connectivity index (χ2v) is 4.90. The second-order valence-electron chi connectivity index (χ2n) is 4.90. The Morgan fingerprint density at radius 1 is 1.33 bits per heavy atom. The van der Waals surface area contributed by atoms with Crippen LogP contribution < -0.4 is 0 Å². The van der Waals surface area contributed by atoms with Gasteiger partial charge in [0.15, 0.2) is 0 Å². The van der Waals surface area contributed by atoms with Crippen LogP contribution in [-0.2, 0) is 14.3 Å². The zero-order chi connectivity index (χ0) is 16.1. The predicted octanol–water partition coefficient (Wildman–Crippen LogP) is 2.31. The summed E-state index contributed by atoms with van der Waals surface area (Å²) in [5.74, 6) is 4.83. The summed E-state index contributed by atoms with van der Waals surface area (Å²) in [5.41, 5.74) is 0. The van der Waals surface area contributed by atoms with Gasteiger partial charge < -0.3 is 9.84 Å². The third-order valence-corrected chi connectivity index (χ3v) is 2.99. The number of aliphatic hydroxyl groups is 1. The first-order valence-electron chi connectivity index (χ1n) is 7.33. The molecule has 1 N–H and O–H groups in total. The Morgan fingerprint density at radius 3 is 2.67 bits per heavy atom. The van der Waals surface area contributed by atoms with Crippen molar-refractivity contribution in [1.82, 2.24) is 0 Å².